The van der Waals surface area contributed by atoms with Crippen LogP contribution in [0.4, 0.5) is 0 Å². The smallest absolute Gasteiger partial charge is 0.0841 e. The number of benzene rings is 1. The van der Waals surface area contributed by atoms with E-state index in [1.54, 1.807) is 7.11 Å². The Morgan fingerprint density at radius 3 is 3.05 bits per heavy atom. The van der Waals surface area contributed by atoms with Crippen LogP contribution in [0.25, 0.3) is 10.9 Å². The van der Waals surface area contributed by atoms with E-state index in [1.165, 1.54) is 10.9 Å². The maximum absolute atomic E-state index is 5.04. The summed E-state index contributed by atoms with van der Waals surface area (Å²) in [5.74, 6) is 0. The standard InChI is InChI=1S/C16H23N3O/c1-3-4-7-11-19-16-9-6-5-8-14(16)15(18-19)13-17-10-12-20-2/h3,5-6,8-9,17H,1,4,7,10-13H2,2H3. The number of hydrogen-bond donors (Lipinski definition) is 1. The van der Waals surface area contributed by atoms with Gasteiger partial charge < -0.3 is 10.1 Å². The van der Waals surface area contributed by atoms with E-state index in [0.717, 1.165) is 44.8 Å². The molecule has 0 bridgehead atoms. The molecule has 4 heteroatoms. The van der Waals surface area contributed by atoms with Gasteiger partial charge in [0.05, 0.1) is 17.8 Å². The Kier molecular flexibility index (Phi) is 5.77. The van der Waals surface area contributed by atoms with Gasteiger partial charge in [0, 0.05) is 32.1 Å². The summed E-state index contributed by atoms with van der Waals surface area (Å²) in [7, 11) is 1.71. The lowest BCUT2D eigenvalue weighted by Crippen LogP contribution is -2.19. The molecule has 108 valence electrons. The van der Waals surface area contributed by atoms with E-state index in [2.05, 4.69) is 40.8 Å². The van der Waals surface area contributed by atoms with Crippen LogP contribution in [0.1, 0.15) is 18.5 Å². The lowest BCUT2D eigenvalue weighted by atomic mass is 10.2. The van der Waals surface area contributed by atoms with Crippen molar-refractivity contribution in [1.82, 2.24) is 15.1 Å². The first-order valence-electron chi connectivity index (χ1n) is 7.11. The van der Waals surface area contributed by atoms with Gasteiger partial charge in [0.2, 0.25) is 0 Å². The number of fused-ring (bicyclic) bond motifs is 1. The second-order valence-electron chi connectivity index (χ2n) is 4.79. The van der Waals surface area contributed by atoms with Crippen molar-refractivity contribution >= 4 is 10.9 Å². The van der Waals surface area contributed by atoms with E-state index in [4.69, 9.17) is 9.84 Å². The SMILES string of the molecule is C=CCCCn1nc(CNCCOC)c2ccccc21. The van der Waals surface area contributed by atoms with Gasteiger partial charge in [-0.2, -0.15) is 5.10 Å². The van der Waals surface area contributed by atoms with Gasteiger partial charge in [0.1, 0.15) is 0 Å². The third-order valence-electron chi connectivity index (χ3n) is 3.29. The number of allylic oxidation sites excluding steroid dienone is 1. The molecule has 0 saturated heterocycles. The summed E-state index contributed by atoms with van der Waals surface area (Å²) in [4.78, 5) is 0. The van der Waals surface area contributed by atoms with Crippen molar-refractivity contribution in [3.05, 3.63) is 42.6 Å². The van der Waals surface area contributed by atoms with Gasteiger partial charge in [0.25, 0.3) is 0 Å². The Labute approximate surface area is 120 Å². The molecule has 0 radical (unpaired) electrons. The van der Waals surface area contributed by atoms with E-state index in [-0.39, 0.29) is 0 Å². The minimum Gasteiger partial charge on any atom is -0.383 e. The molecule has 0 fully saturated rings. The Balaban J connectivity index is 2.10. The fourth-order valence-electron chi connectivity index (χ4n) is 2.26. The zero-order valence-electron chi connectivity index (χ0n) is 12.1. The number of methoxy groups -OCH3 is 1. The molecule has 4 nitrogen and oxygen atoms in total. The molecule has 0 spiro atoms. The highest BCUT2D eigenvalue weighted by molar-refractivity contribution is 5.81. The highest BCUT2D eigenvalue weighted by Crippen LogP contribution is 2.18. The monoisotopic (exact) mass is 273 g/mol. The van der Waals surface area contributed by atoms with Crippen LogP contribution in [0.2, 0.25) is 0 Å². The lowest BCUT2D eigenvalue weighted by Gasteiger charge is -2.02. The van der Waals surface area contributed by atoms with Crippen molar-refractivity contribution in [3.63, 3.8) is 0 Å². The van der Waals surface area contributed by atoms with Crippen LogP contribution < -0.4 is 5.32 Å². The van der Waals surface area contributed by atoms with Gasteiger partial charge in [-0.3, -0.25) is 4.68 Å². The first-order valence-corrected chi connectivity index (χ1v) is 7.11. The molecule has 20 heavy (non-hydrogen) atoms. The van der Waals surface area contributed by atoms with Gasteiger partial charge in [-0.05, 0) is 18.9 Å². The highest BCUT2D eigenvalue weighted by atomic mass is 16.5. The topological polar surface area (TPSA) is 39.1 Å². The molecule has 0 aliphatic rings. The molecule has 1 aromatic carbocycles. The van der Waals surface area contributed by atoms with Gasteiger partial charge in [-0.15, -0.1) is 6.58 Å². The Hall–Kier alpha value is -1.65. The summed E-state index contributed by atoms with van der Waals surface area (Å²) in [6.45, 7) is 7.04. The molecule has 1 heterocycles. The molecule has 0 atom stereocenters. The van der Waals surface area contributed by atoms with E-state index >= 15 is 0 Å². The van der Waals surface area contributed by atoms with Gasteiger partial charge in [0.15, 0.2) is 0 Å². The summed E-state index contributed by atoms with van der Waals surface area (Å²) >= 11 is 0. The number of nitrogens with one attached hydrogen (secondary N) is 1. The largest absolute Gasteiger partial charge is 0.383 e. The number of unbranched alkanes of at least 4 members (excludes halogenated alkanes) is 1. The van der Waals surface area contributed by atoms with Crippen molar-refractivity contribution in [2.45, 2.75) is 25.9 Å². The predicted molar refractivity (Wildman–Crippen MR) is 82.7 cm³/mol. The Bertz CT molecular complexity index is 548. The fraction of sp³-hybridized carbons (Fsp3) is 0.438. The molecule has 0 unspecified atom stereocenters. The maximum Gasteiger partial charge on any atom is 0.0841 e. The molecule has 2 rings (SSSR count). The Morgan fingerprint density at radius 2 is 2.25 bits per heavy atom. The molecule has 2 aromatic rings. The fourth-order valence-corrected chi connectivity index (χ4v) is 2.26. The van der Waals surface area contributed by atoms with E-state index in [1.807, 2.05) is 6.08 Å². The van der Waals surface area contributed by atoms with Crippen LogP contribution in [0.3, 0.4) is 0 Å². The summed E-state index contributed by atoms with van der Waals surface area (Å²) in [5.41, 5.74) is 2.32. The van der Waals surface area contributed by atoms with Gasteiger partial charge in [-0.25, -0.2) is 0 Å². The Morgan fingerprint density at radius 1 is 1.40 bits per heavy atom. The average Bonchev–Trinajstić information content (AvgIpc) is 2.83. The summed E-state index contributed by atoms with van der Waals surface area (Å²) in [5, 5.41) is 9.33. The highest BCUT2D eigenvalue weighted by Gasteiger charge is 2.09. The van der Waals surface area contributed by atoms with Crippen molar-refractivity contribution in [2.24, 2.45) is 0 Å². The van der Waals surface area contributed by atoms with Crippen LogP contribution >= 0.6 is 0 Å². The first-order chi connectivity index (χ1) is 9.86. The number of rotatable bonds is 9. The average molecular weight is 273 g/mol. The van der Waals surface area contributed by atoms with E-state index in [0.29, 0.717) is 0 Å². The van der Waals surface area contributed by atoms with Crippen molar-refractivity contribution in [2.75, 3.05) is 20.3 Å². The minimum atomic E-state index is 0.720. The number of hydrogen-bond acceptors (Lipinski definition) is 3. The van der Waals surface area contributed by atoms with Crippen LogP contribution in [-0.2, 0) is 17.8 Å². The third-order valence-corrected chi connectivity index (χ3v) is 3.29. The van der Waals surface area contributed by atoms with Crippen molar-refractivity contribution in [3.8, 4) is 0 Å². The minimum absolute atomic E-state index is 0.720. The third kappa shape index (κ3) is 3.68. The van der Waals surface area contributed by atoms with Gasteiger partial charge in [-0.1, -0.05) is 24.3 Å². The van der Waals surface area contributed by atoms with Crippen LogP contribution in [0, 0.1) is 0 Å². The maximum atomic E-state index is 5.04. The summed E-state index contributed by atoms with van der Waals surface area (Å²) < 4.78 is 7.14. The molecule has 0 saturated carbocycles. The predicted octanol–water partition coefficient (Wildman–Crippen LogP) is 2.74. The quantitative estimate of drug-likeness (QED) is 0.564. The zero-order chi connectivity index (χ0) is 14.2. The van der Waals surface area contributed by atoms with Crippen molar-refractivity contribution < 1.29 is 4.74 Å². The molecule has 0 amide bonds. The second-order valence-corrected chi connectivity index (χ2v) is 4.79. The van der Waals surface area contributed by atoms with Crippen LogP contribution in [0.5, 0.6) is 0 Å². The van der Waals surface area contributed by atoms with Crippen molar-refractivity contribution in [1.29, 1.82) is 0 Å². The number of aromatic nitrogens is 2. The van der Waals surface area contributed by atoms with Crippen LogP contribution in [-0.4, -0.2) is 30.0 Å². The second kappa shape index (κ2) is 7.82. The normalized spacial score (nSPS) is 11.1. The number of para-hydroxylation sites is 1. The molecular weight excluding hydrogens is 250 g/mol. The number of ether oxygens (including phenoxy) is 1. The van der Waals surface area contributed by atoms with E-state index in [9.17, 15) is 0 Å². The first kappa shape index (κ1) is 14.8. The van der Waals surface area contributed by atoms with E-state index < -0.39 is 0 Å². The molecule has 1 N–H and O–H groups in total. The number of nitrogens with zero attached hydrogens (tertiary/aromatic N) is 2. The zero-order valence-corrected chi connectivity index (χ0v) is 12.1. The van der Waals surface area contributed by atoms with Crippen LogP contribution in [0.15, 0.2) is 36.9 Å². The summed E-state index contributed by atoms with van der Waals surface area (Å²) in [6.07, 6.45) is 4.06. The number of aryl methyl sites for hydroxylation is 1. The summed E-state index contributed by atoms with van der Waals surface area (Å²) in [6, 6.07) is 8.40. The lowest BCUT2D eigenvalue weighted by molar-refractivity contribution is 0.199. The molecule has 0 aliphatic carbocycles. The van der Waals surface area contributed by atoms with Gasteiger partial charge >= 0.3 is 0 Å². The molecular formula is C16H23N3O. The molecule has 1 aromatic heterocycles. The molecule has 0 aliphatic heterocycles.